The molecule has 192 valence electrons. The molecule has 0 aromatic heterocycles. The van der Waals surface area contributed by atoms with Crippen LogP contribution in [0.25, 0.3) is 0 Å². The summed E-state index contributed by atoms with van der Waals surface area (Å²) in [7, 11) is 1.40. The molecular weight excluding hydrogens is 468 g/mol. The number of hydrogen-bond acceptors (Lipinski definition) is 12. The van der Waals surface area contributed by atoms with Crippen LogP contribution >= 0.6 is 0 Å². The minimum absolute atomic E-state index is 0.0817. The molecule has 0 saturated carbocycles. The lowest BCUT2D eigenvalue weighted by atomic mass is 9.99. The maximum atomic E-state index is 12.3. The lowest BCUT2D eigenvalue weighted by Crippen LogP contribution is -2.60. The average Bonchev–Trinajstić information content (AvgIpc) is 2.85. The standard InChI is InChI=1S/C23H28O12/c1-10(8-24)11-3-4-15(16(7-11)32-2)34-23-21(30)20(29)19(28)17(35-23)9-33-22(31)12-5-13(25)18(27)14(26)6-12/h3-7,10,17,19-21,23-30H,8-9H2,1-2H3/t10-,17-,19-,20+,21-,23+/m1/s1. The zero-order chi connectivity index (χ0) is 25.9. The van der Waals surface area contributed by atoms with Gasteiger partial charge in [-0.05, 0) is 29.8 Å². The van der Waals surface area contributed by atoms with Crippen molar-refractivity contribution in [3.8, 4) is 28.7 Å². The van der Waals surface area contributed by atoms with E-state index in [1.54, 1.807) is 12.1 Å². The van der Waals surface area contributed by atoms with Crippen LogP contribution in [0.3, 0.4) is 0 Å². The number of rotatable bonds is 8. The van der Waals surface area contributed by atoms with Crippen molar-refractivity contribution in [2.45, 2.75) is 43.5 Å². The summed E-state index contributed by atoms with van der Waals surface area (Å²) in [5.74, 6) is -3.06. The quantitative estimate of drug-likeness (QED) is 0.190. The molecule has 1 saturated heterocycles. The van der Waals surface area contributed by atoms with E-state index in [1.165, 1.54) is 13.2 Å². The molecule has 0 amide bonds. The highest BCUT2D eigenvalue weighted by Gasteiger charge is 2.45. The van der Waals surface area contributed by atoms with Crippen LogP contribution in [0.5, 0.6) is 28.7 Å². The van der Waals surface area contributed by atoms with E-state index in [0.29, 0.717) is 0 Å². The predicted octanol–water partition coefficient (Wildman–Crippen LogP) is -0.0488. The number of phenols is 3. The van der Waals surface area contributed by atoms with Gasteiger partial charge in [-0.3, -0.25) is 0 Å². The zero-order valence-corrected chi connectivity index (χ0v) is 18.9. The summed E-state index contributed by atoms with van der Waals surface area (Å²) in [5, 5.41) is 68.7. The summed E-state index contributed by atoms with van der Waals surface area (Å²) in [6, 6.07) is 6.59. The highest BCUT2D eigenvalue weighted by molar-refractivity contribution is 5.91. The van der Waals surface area contributed by atoms with E-state index in [0.717, 1.165) is 17.7 Å². The lowest BCUT2D eigenvalue weighted by molar-refractivity contribution is -0.277. The lowest BCUT2D eigenvalue weighted by Gasteiger charge is -2.40. The van der Waals surface area contributed by atoms with Crippen molar-refractivity contribution >= 4 is 5.97 Å². The third-order valence-electron chi connectivity index (χ3n) is 5.63. The van der Waals surface area contributed by atoms with Gasteiger partial charge < -0.3 is 54.7 Å². The summed E-state index contributed by atoms with van der Waals surface area (Å²) in [5.41, 5.74) is 0.478. The fourth-order valence-corrected chi connectivity index (χ4v) is 3.43. The van der Waals surface area contributed by atoms with Crippen molar-refractivity contribution < 1.29 is 59.5 Å². The Labute approximate surface area is 200 Å². The molecule has 7 N–H and O–H groups in total. The largest absolute Gasteiger partial charge is 0.504 e. The molecule has 1 aliphatic heterocycles. The molecule has 0 unspecified atom stereocenters. The number of aliphatic hydroxyl groups excluding tert-OH is 4. The van der Waals surface area contributed by atoms with Crippen LogP contribution in [0.1, 0.15) is 28.8 Å². The minimum atomic E-state index is -1.71. The number of methoxy groups -OCH3 is 1. The van der Waals surface area contributed by atoms with Gasteiger partial charge in [-0.2, -0.15) is 0 Å². The molecule has 2 aromatic rings. The Bertz CT molecular complexity index is 1020. The number of esters is 1. The van der Waals surface area contributed by atoms with E-state index < -0.39 is 60.5 Å². The number of hydrogen-bond donors (Lipinski definition) is 7. The Morgan fingerprint density at radius 3 is 2.26 bits per heavy atom. The van der Waals surface area contributed by atoms with E-state index in [4.69, 9.17) is 18.9 Å². The maximum absolute atomic E-state index is 12.3. The molecular formula is C23H28O12. The van der Waals surface area contributed by atoms with E-state index in [9.17, 15) is 40.5 Å². The van der Waals surface area contributed by atoms with Gasteiger partial charge >= 0.3 is 5.97 Å². The van der Waals surface area contributed by atoms with Gasteiger partial charge in [-0.1, -0.05) is 13.0 Å². The van der Waals surface area contributed by atoms with Gasteiger partial charge in [0.1, 0.15) is 31.0 Å². The summed E-state index contributed by atoms with van der Waals surface area (Å²) in [6.07, 6.45) is -7.81. The van der Waals surface area contributed by atoms with Crippen LogP contribution in [0.15, 0.2) is 30.3 Å². The van der Waals surface area contributed by atoms with Gasteiger partial charge in [-0.25, -0.2) is 4.79 Å². The Hall–Kier alpha value is -3.29. The summed E-state index contributed by atoms with van der Waals surface area (Å²) >= 11 is 0. The number of aliphatic hydroxyl groups is 4. The highest BCUT2D eigenvalue weighted by Crippen LogP contribution is 2.36. The molecule has 0 radical (unpaired) electrons. The molecule has 1 aliphatic rings. The first-order chi connectivity index (χ1) is 16.6. The molecule has 1 fully saturated rings. The van der Waals surface area contributed by atoms with E-state index in [-0.39, 0.29) is 29.6 Å². The van der Waals surface area contributed by atoms with Crippen LogP contribution in [0.4, 0.5) is 0 Å². The molecule has 6 atom stereocenters. The van der Waals surface area contributed by atoms with E-state index in [2.05, 4.69) is 0 Å². The monoisotopic (exact) mass is 496 g/mol. The molecule has 0 aliphatic carbocycles. The molecule has 12 nitrogen and oxygen atoms in total. The Balaban J connectivity index is 1.72. The molecule has 35 heavy (non-hydrogen) atoms. The van der Waals surface area contributed by atoms with Crippen molar-refractivity contribution in [2.75, 3.05) is 20.3 Å². The zero-order valence-electron chi connectivity index (χ0n) is 18.9. The number of phenolic OH excluding ortho intramolecular Hbond substituents is 3. The first-order valence-electron chi connectivity index (χ1n) is 10.6. The minimum Gasteiger partial charge on any atom is -0.504 e. The Morgan fingerprint density at radius 2 is 1.66 bits per heavy atom. The topological polar surface area (TPSA) is 196 Å². The molecule has 1 heterocycles. The summed E-state index contributed by atoms with van der Waals surface area (Å²) in [6.45, 7) is 1.14. The molecule has 0 spiro atoms. The van der Waals surface area contributed by atoms with Crippen LogP contribution < -0.4 is 9.47 Å². The van der Waals surface area contributed by atoms with Crippen molar-refractivity contribution in [2.24, 2.45) is 0 Å². The average molecular weight is 496 g/mol. The van der Waals surface area contributed by atoms with Crippen molar-refractivity contribution in [3.05, 3.63) is 41.5 Å². The number of ether oxygens (including phenoxy) is 4. The maximum Gasteiger partial charge on any atom is 0.338 e. The van der Waals surface area contributed by atoms with Gasteiger partial charge in [0.2, 0.25) is 6.29 Å². The van der Waals surface area contributed by atoms with Gasteiger partial charge in [0, 0.05) is 12.5 Å². The number of aromatic hydroxyl groups is 3. The van der Waals surface area contributed by atoms with E-state index >= 15 is 0 Å². The molecule has 3 rings (SSSR count). The normalized spacial score (nSPS) is 25.0. The van der Waals surface area contributed by atoms with Crippen molar-refractivity contribution in [1.82, 2.24) is 0 Å². The number of carbonyl (C=O) groups excluding carboxylic acids is 1. The fourth-order valence-electron chi connectivity index (χ4n) is 3.43. The fraction of sp³-hybridized carbons (Fsp3) is 0.435. The van der Waals surface area contributed by atoms with Crippen LogP contribution in [0.2, 0.25) is 0 Å². The van der Waals surface area contributed by atoms with Gasteiger partial charge in [0.25, 0.3) is 0 Å². The molecule has 0 bridgehead atoms. The first kappa shape index (κ1) is 26.3. The van der Waals surface area contributed by atoms with Crippen LogP contribution in [-0.4, -0.2) is 92.7 Å². The van der Waals surface area contributed by atoms with Crippen LogP contribution in [-0.2, 0) is 9.47 Å². The summed E-state index contributed by atoms with van der Waals surface area (Å²) < 4.78 is 21.6. The van der Waals surface area contributed by atoms with Crippen LogP contribution in [0, 0.1) is 0 Å². The van der Waals surface area contributed by atoms with E-state index in [1.807, 2.05) is 6.92 Å². The predicted molar refractivity (Wildman–Crippen MR) is 118 cm³/mol. The SMILES string of the molecule is COc1cc([C@H](C)CO)ccc1O[C@H]1O[C@H](COC(=O)c2cc(O)c(O)c(O)c2)[C@@H](O)[C@H](O)[C@H]1O. The van der Waals surface area contributed by atoms with Gasteiger partial charge in [0.05, 0.1) is 12.7 Å². The smallest absolute Gasteiger partial charge is 0.338 e. The Morgan fingerprint density at radius 1 is 1.00 bits per heavy atom. The third-order valence-corrected chi connectivity index (χ3v) is 5.63. The second-order valence-electron chi connectivity index (χ2n) is 8.09. The molecule has 12 heteroatoms. The van der Waals surface area contributed by atoms with Gasteiger partial charge in [-0.15, -0.1) is 0 Å². The van der Waals surface area contributed by atoms with Crippen molar-refractivity contribution in [3.63, 3.8) is 0 Å². The second kappa shape index (κ2) is 11.0. The highest BCUT2D eigenvalue weighted by atomic mass is 16.7. The second-order valence-corrected chi connectivity index (χ2v) is 8.09. The number of benzene rings is 2. The Kier molecular flexibility index (Phi) is 8.25. The first-order valence-corrected chi connectivity index (χ1v) is 10.6. The number of carbonyl (C=O) groups is 1. The third kappa shape index (κ3) is 5.69. The molecule has 2 aromatic carbocycles. The summed E-state index contributed by atoms with van der Waals surface area (Å²) in [4.78, 5) is 12.3. The van der Waals surface area contributed by atoms with Gasteiger partial charge in [0.15, 0.2) is 28.7 Å². The van der Waals surface area contributed by atoms with Crippen molar-refractivity contribution in [1.29, 1.82) is 0 Å².